The summed E-state index contributed by atoms with van der Waals surface area (Å²) in [6.07, 6.45) is 1.63. The summed E-state index contributed by atoms with van der Waals surface area (Å²) in [6.45, 7) is 2.34. The average molecular weight is 394 g/mol. The molecule has 2 aromatic rings. The van der Waals surface area contributed by atoms with Gasteiger partial charge in [0.25, 0.3) is 5.91 Å². The zero-order valence-electron chi connectivity index (χ0n) is 14.1. The number of nitrogens with one attached hydrogen (secondary N) is 1. The van der Waals surface area contributed by atoms with Crippen LogP contribution in [0.3, 0.4) is 0 Å². The Morgan fingerprint density at radius 1 is 1.12 bits per heavy atom. The van der Waals surface area contributed by atoms with Gasteiger partial charge in [-0.15, -0.1) is 11.3 Å². The predicted molar refractivity (Wildman–Crippen MR) is 98.4 cm³/mol. The normalized spacial score (nSPS) is 15.1. The third kappa shape index (κ3) is 3.64. The van der Waals surface area contributed by atoms with Crippen molar-refractivity contribution in [1.29, 1.82) is 0 Å². The molecule has 1 fully saturated rings. The molecule has 9 heteroatoms. The Hall–Kier alpha value is -2.23. The number of hydrogen-bond acceptors (Lipinski definition) is 6. The van der Waals surface area contributed by atoms with Crippen molar-refractivity contribution in [1.82, 2.24) is 4.31 Å². The maximum absolute atomic E-state index is 12.6. The maximum Gasteiger partial charge on any atom is 0.265 e. The Balaban J connectivity index is 1.85. The third-order valence-corrected chi connectivity index (χ3v) is 7.18. The van der Waals surface area contributed by atoms with Crippen LogP contribution in [-0.2, 0) is 10.0 Å². The average Bonchev–Trinajstić information content (AvgIpc) is 3.28. The first kappa shape index (κ1) is 18.6. The summed E-state index contributed by atoms with van der Waals surface area (Å²) in [6, 6.07) is 6.88. The standard InChI is InChI=1S/C17H18N2O5S2/c1-11(20)15-6-7-16(25-15)17(22)18-13-10-12(4-5-14(13)21)26(23,24)19-8-2-3-9-19/h4-7,10,21H,2-3,8-9H2,1H3,(H,18,22). The van der Waals surface area contributed by atoms with Crippen LogP contribution in [0.1, 0.15) is 39.1 Å². The number of anilines is 1. The number of phenols is 1. The van der Waals surface area contributed by atoms with Gasteiger partial charge in [0.2, 0.25) is 10.0 Å². The molecule has 3 rings (SSSR count). The number of nitrogens with zero attached hydrogens (tertiary/aromatic N) is 1. The highest BCUT2D eigenvalue weighted by Crippen LogP contribution is 2.30. The van der Waals surface area contributed by atoms with E-state index in [1.807, 2.05) is 0 Å². The number of thiophene rings is 1. The smallest absolute Gasteiger partial charge is 0.265 e. The van der Waals surface area contributed by atoms with Crippen molar-refractivity contribution in [3.63, 3.8) is 0 Å². The molecule has 0 aliphatic carbocycles. The minimum absolute atomic E-state index is 0.00745. The van der Waals surface area contributed by atoms with Crippen molar-refractivity contribution in [3.05, 3.63) is 40.1 Å². The predicted octanol–water partition coefficient (Wildman–Crippen LogP) is 2.69. The lowest BCUT2D eigenvalue weighted by Gasteiger charge is -2.16. The lowest BCUT2D eigenvalue weighted by atomic mass is 10.3. The Kier molecular flexibility index (Phi) is 5.12. The lowest BCUT2D eigenvalue weighted by molar-refractivity contribution is 0.101. The molecule has 0 unspecified atom stereocenters. The number of hydrogen-bond donors (Lipinski definition) is 2. The molecular weight excluding hydrogens is 376 g/mol. The molecule has 0 saturated carbocycles. The molecule has 7 nitrogen and oxygen atoms in total. The van der Waals surface area contributed by atoms with Crippen LogP contribution in [0.5, 0.6) is 5.75 Å². The zero-order valence-corrected chi connectivity index (χ0v) is 15.7. The second-order valence-corrected chi connectivity index (χ2v) is 8.99. The van der Waals surface area contributed by atoms with Gasteiger partial charge >= 0.3 is 0 Å². The molecule has 1 aromatic heterocycles. The second kappa shape index (κ2) is 7.18. The second-order valence-electron chi connectivity index (χ2n) is 5.96. The van der Waals surface area contributed by atoms with Gasteiger partial charge in [-0.05, 0) is 50.1 Å². The highest BCUT2D eigenvalue weighted by atomic mass is 32.2. The third-order valence-electron chi connectivity index (χ3n) is 4.10. The van der Waals surface area contributed by atoms with Crippen LogP contribution in [-0.4, -0.2) is 42.6 Å². The van der Waals surface area contributed by atoms with Crippen molar-refractivity contribution in [2.45, 2.75) is 24.7 Å². The first-order chi connectivity index (χ1) is 12.3. The number of sulfonamides is 1. The molecule has 2 heterocycles. The minimum atomic E-state index is -3.66. The summed E-state index contributed by atoms with van der Waals surface area (Å²) in [4.78, 5) is 24.4. The summed E-state index contributed by atoms with van der Waals surface area (Å²) >= 11 is 1.03. The van der Waals surface area contributed by atoms with Gasteiger partial charge in [-0.25, -0.2) is 8.42 Å². The first-order valence-corrected chi connectivity index (χ1v) is 10.3. The maximum atomic E-state index is 12.6. The summed E-state index contributed by atoms with van der Waals surface area (Å²) in [5.74, 6) is -0.897. The highest BCUT2D eigenvalue weighted by molar-refractivity contribution is 7.89. The number of phenolic OH excluding ortho intramolecular Hbond substituents is 1. The van der Waals surface area contributed by atoms with Crippen molar-refractivity contribution in [2.75, 3.05) is 18.4 Å². The van der Waals surface area contributed by atoms with Gasteiger partial charge in [0.05, 0.1) is 20.3 Å². The van der Waals surface area contributed by atoms with Crippen LogP contribution >= 0.6 is 11.3 Å². The number of Topliss-reactive ketones (excluding diaryl/α,β-unsaturated/α-hetero) is 1. The van der Waals surface area contributed by atoms with Crippen LogP contribution in [0.25, 0.3) is 0 Å². The Morgan fingerprint density at radius 3 is 2.38 bits per heavy atom. The highest BCUT2D eigenvalue weighted by Gasteiger charge is 2.28. The summed E-state index contributed by atoms with van der Waals surface area (Å²) in [7, 11) is -3.66. The zero-order chi connectivity index (χ0) is 18.9. The van der Waals surface area contributed by atoms with Gasteiger partial charge in [-0.2, -0.15) is 4.31 Å². The van der Waals surface area contributed by atoms with Crippen molar-refractivity contribution in [2.24, 2.45) is 0 Å². The first-order valence-electron chi connectivity index (χ1n) is 8.04. The fourth-order valence-electron chi connectivity index (χ4n) is 2.69. The lowest BCUT2D eigenvalue weighted by Crippen LogP contribution is -2.27. The van der Waals surface area contributed by atoms with E-state index >= 15 is 0 Å². The number of carbonyl (C=O) groups excluding carboxylic acids is 2. The van der Waals surface area contributed by atoms with Gasteiger partial charge in [0, 0.05) is 13.1 Å². The van der Waals surface area contributed by atoms with Gasteiger partial charge in [-0.1, -0.05) is 0 Å². The Bertz CT molecular complexity index is 959. The molecule has 26 heavy (non-hydrogen) atoms. The molecule has 0 atom stereocenters. The minimum Gasteiger partial charge on any atom is -0.506 e. The van der Waals surface area contributed by atoms with E-state index in [0.29, 0.717) is 22.8 Å². The fraction of sp³-hybridized carbons (Fsp3) is 0.294. The van der Waals surface area contributed by atoms with Crippen molar-refractivity contribution in [3.8, 4) is 5.75 Å². The summed E-state index contributed by atoms with van der Waals surface area (Å²) in [5.41, 5.74) is 0.00745. The topological polar surface area (TPSA) is 104 Å². The molecule has 1 saturated heterocycles. The van der Waals surface area contributed by atoms with Crippen LogP contribution < -0.4 is 5.32 Å². The van der Waals surface area contributed by atoms with E-state index in [0.717, 1.165) is 24.2 Å². The quantitative estimate of drug-likeness (QED) is 0.599. The largest absolute Gasteiger partial charge is 0.506 e. The molecule has 1 amide bonds. The van der Waals surface area contributed by atoms with Gasteiger partial charge in [0.15, 0.2) is 5.78 Å². The molecule has 138 valence electrons. The van der Waals surface area contributed by atoms with E-state index in [-0.39, 0.29) is 22.1 Å². The number of rotatable bonds is 5. The summed E-state index contributed by atoms with van der Waals surface area (Å²) < 4.78 is 26.6. The van der Waals surface area contributed by atoms with E-state index in [2.05, 4.69) is 5.32 Å². The van der Waals surface area contributed by atoms with Crippen LogP contribution in [0.4, 0.5) is 5.69 Å². The number of ketones is 1. The number of benzene rings is 1. The number of aromatic hydroxyl groups is 1. The van der Waals surface area contributed by atoms with E-state index in [9.17, 15) is 23.1 Å². The van der Waals surface area contributed by atoms with E-state index in [1.165, 1.54) is 35.5 Å². The molecule has 1 aliphatic heterocycles. The number of carbonyl (C=O) groups is 2. The Labute approximate surface area is 155 Å². The molecule has 0 radical (unpaired) electrons. The van der Waals surface area contributed by atoms with E-state index < -0.39 is 15.9 Å². The van der Waals surface area contributed by atoms with Gasteiger partial charge in [0.1, 0.15) is 5.75 Å². The SMILES string of the molecule is CC(=O)c1ccc(C(=O)Nc2cc(S(=O)(=O)N3CCCC3)ccc2O)s1. The van der Waals surface area contributed by atoms with E-state index in [1.54, 1.807) is 6.07 Å². The van der Waals surface area contributed by atoms with Crippen molar-refractivity contribution < 1.29 is 23.1 Å². The van der Waals surface area contributed by atoms with Crippen molar-refractivity contribution >= 4 is 38.7 Å². The Morgan fingerprint density at radius 2 is 1.77 bits per heavy atom. The molecule has 0 spiro atoms. The molecule has 2 N–H and O–H groups in total. The number of amides is 1. The van der Waals surface area contributed by atoms with Gasteiger partial charge in [-0.3, -0.25) is 9.59 Å². The van der Waals surface area contributed by atoms with Crippen LogP contribution in [0.15, 0.2) is 35.2 Å². The van der Waals surface area contributed by atoms with E-state index in [4.69, 9.17) is 0 Å². The fourth-order valence-corrected chi connectivity index (χ4v) is 5.03. The van der Waals surface area contributed by atoms with Gasteiger partial charge < -0.3 is 10.4 Å². The molecule has 0 bridgehead atoms. The molecular formula is C17H18N2O5S2. The van der Waals surface area contributed by atoms with Crippen LogP contribution in [0, 0.1) is 0 Å². The molecule has 1 aromatic carbocycles. The summed E-state index contributed by atoms with van der Waals surface area (Å²) in [5, 5.41) is 12.5. The van der Waals surface area contributed by atoms with Crippen LogP contribution in [0.2, 0.25) is 0 Å². The molecule has 1 aliphatic rings. The monoisotopic (exact) mass is 394 g/mol.